The molecule has 1 aromatic carbocycles. The number of hydrogen-bond donors (Lipinski definition) is 1. The van der Waals surface area contributed by atoms with Crippen LogP contribution in [0.25, 0.3) is 5.69 Å². The van der Waals surface area contributed by atoms with Gasteiger partial charge in [-0.1, -0.05) is 18.2 Å². The van der Waals surface area contributed by atoms with E-state index in [0.717, 1.165) is 5.69 Å². The molecule has 1 aliphatic rings. The number of carboxylic acids is 1. The van der Waals surface area contributed by atoms with Gasteiger partial charge >= 0.3 is 5.97 Å². The molecule has 8 heteroatoms. The number of nitrogens with zero attached hydrogens (tertiary/aromatic N) is 3. The molecule has 1 aliphatic heterocycles. The zero-order valence-electron chi connectivity index (χ0n) is 13.8. The van der Waals surface area contributed by atoms with Gasteiger partial charge in [0.1, 0.15) is 0 Å². The van der Waals surface area contributed by atoms with Gasteiger partial charge in [-0.3, -0.25) is 4.79 Å². The van der Waals surface area contributed by atoms with Gasteiger partial charge in [0.15, 0.2) is 17.5 Å². The number of carboxylic acid groups (broad SMARTS) is 1. The number of rotatable bonds is 5. The summed E-state index contributed by atoms with van der Waals surface area (Å²) >= 11 is 0. The molecule has 8 nitrogen and oxygen atoms in total. The second-order valence-electron chi connectivity index (χ2n) is 5.50. The summed E-state index contributed by atoms with van der Waals surface area (Å²) in [6, 6.07) is 9.37. The summed E-state index contributed by atoms with van der Waals surface area (Å²) in [6.45, 7) is 2.68. The number of hydrogen-bond acceptors (Lipinski definition) is 5. The Hall–Kier alpha value is -2.87. The number of aliphatic carboxylic acids is 1. The van der Waals surface area contributed by atoms with Crippen LogP contribution in [-0.2, 0) is 9.53 Å². The van der Waals surface area contributed by atoms with E-state index in [1.54, 1.807) is 10.9 Å². The fourth-order valence-corrected chi connectivity index (χ4v) is 2.61. The van der Waals surface area contributed by atoms with Crippen molar-refractivity contribution >= 4 is 11.9 Å². The molecular formula is C17H19N3O5. The Labute approximate surface area is 144 Å². The molecule has 1 fully saturated rings. The fourth-order valence-electron chi connectivity index (χ4n) is 2.61. The molecule has 1 N–H and O–H groups in total. The van der Waals surface area contributed by atoms with Gasteiger partial charge < -0.3 is 19.5 Å². The topological polar surface area (TPSA) is 93.9 Å². The largest absolute Gasteiger partial charge is 0.490 e. The Morgan fingerprint density at radius 1 is 1.36 bits per heavy atom. The van der Waals surface area contributed by atoms with Gasteiger partial charge in [0.05, 0.1) is 31.6 Å². The quantitative estimate of drug-likeness (QED) is 0.875. The van der Waals surface area contributed by atoms with E-state index in [1.165, 1.54) is 4.90 Å². The summed E-state index contributed by atoms with van der Waals surface area (Å²) in [7, 11) is 0. The van der Waals surface area contributed by atoms with E-state index in [2.05, 4.69) is 5.10 Å². The number of amides is 1. The number of ether oxygens (including phenoxy) is 2. The Kier molecular flexibility index (Phi) is 4.99. The van der Waals surface area contributed by atoms with Crippen molar-refractivity contribution in [1.29, 1.82) is 0 Å². The van der Waals surface area contributed by atoms with Gasteiger partial charge in [-0.05, 0) is 19.1 Å². The van der Waals surface area contributed by atoms with Gasteiger partial charge in [-0.2, -0.15) is 5.10 Å². The lowest BCUT2D eigenvalue weighted by Gasteiger charge is -2.30. The minimum absolute atomic E-state index is 0.0159. The normalized spacial score (nSPS) is 17.3. The minimum atomic E-state index is -1.09. The molecule has 2 aromatic rings. The number of morpholine rings is 1. The van der Waals surface area contributed by atoms with E-state index in [1.807, 2.05) is 37.3 Å². The Bertz CT molecular complexity index is 759. The van der Waals surface area contributed by atoms with E-state index >= 15 is 0 Å². The highest BCUT2D eigenvalue weighted by molar-refractivity contribution is 5.95. The molecule has 0 aliphatic carbocycles. The van der Waals surface area contributed by atoms with Gasteiger partial charge in [0.2, 0.25) is 0 Å². The number of benzene rings is 1. The van der Waals surface area contributed by atoms with E-state index in [4.69, 9.17) is 14.6 Å². The van der Waals surface area contributed by atoms with Crippen LogP contribution in [0.15, 0.2) is 36.5 Å². The average Bonchev–Trinajstić information content (AvgIpc) is 3.06. The lowest BCUT2D eigenvalue weighted by Crippen LogP contribution is -2.48. The van der Waals surface area contributed by atoms with E-state index < -0.39 is 12.1 Å². The summed E-state index contributed by atoms with van der Waals surface area (Å²) in [4.78, 5) is 25.4. The third-order valence-electron chi connectivity index (χ3n) is 3.83. The van der Waals surface area contributed by atoms with E-state index in [0.29, 0.717) is 18.9 Å². The molecule has 3 rings (SSSR count). The number of aromatic nitrogens is 2. The molecule has 0 radical (unpaired) electrons. The molecular weight excluding hydrogens is 326 g/mol. The minimum Gasteiger partial charge on any atom is -0.490 e. The van der Waals surface area contributed by atoms with Crippen molar-refractivity contribution in [1.82, 2.24) is 14.7 Å². The molecule has 1 saturated heterocycles. The molecule has 25 heavy (non-hydrogen) atoms. The summed E-state index contributed by atoms with van der Waals surface area (Å²) in [5.41, 5.74) is 0.963. The predicted molar refractivity (Wildman–Crippen MR) is 88.0 cm³/mol. The third-order valence-corrected chi connectivity index (χ3v) is 3.83. The summed E-state index contributed by atoms with van der Waals surface area (Å²) in [6.07, 6.45) is 0.630. The first-order valence-corrected chi connectivity index (χ1v) is 8.01. The van der Waals surface area contributed by atoms with Crippen LogP contribution >= 0.6 is 0 Å². The molecule has 0 spiro atoms. The highest BCUT2D eigenvalue weighted by atomic mass is 16.5. The van der Waals surface area contributed by atoms with E-state index in [-0.39, 0.29) is 24.8 Å². The lowest BCUT2D eigenvalue weighted by molar-refractivity contribution is -0.154. The Morgan fingerprint density at radius 2 is 2.12 bits per heavy atom. The molecule has 1 amide bonds. The SMILES string of the molecule is CCOc1cn(-c2ccccc2)nc1C(=O)N1CCO[C@H](C(=O)O)C1. The van der Waals surface area contributed by atoms with Crippen LogP contribution in [0.2, 0.25) is 0 Å². The second-order valence-corrected chi connectivity index (χ2v) is 5.50. The highest BCUT2D eigenvalue weighted by Crippen LogP contribution is 2.22. The van der Waals surface area contributed by atoms with Crippen LogP contribution in [0.3, 0.4) is 0 Å². The first kappa shape index (κ1) is 17.0. The van der Waals surface area contributed by atoms with Crippen molar-refractivity contribution in [2.45, 2.75) is 13.0 Å². The molecule has 0 saturated carbocycles. The predicted octanol–water partition coefficient (Wildman–Crippen LogP) is 1.20. The Morgan fingerprint density at radius 3 is 2.80 bits per heavy atom. The number of para-hydroxylation sites is 1. The van der Waals surface area contributed by atoms with Crippen LogP contribution in [0.4, 0.5) is 0 Å². The average molecular weight is 345 g/mol. The van der Waals surface area contributed by atoms with Crippen LogP contribution in [0, 0.1) is 0 Å². The van der Waals surface area contributed by atoms with Crippen molar-refractivity contribution in [3.8, 4) is 11.4 Å². The molecule has 0 unspecified atom stereocenters. The van der Waals surface area contributed by atoms with Gasteiger partial charge in [0.25, 0.3) is 5.91 Å². The van der Waals surface area contributed by atoms with Crippen molar-refractivity contribution in [2.75, 3.05) is 26.3 Å². The van der Waals surface area contributed by atoms with Gasteiger partial charge in [0, 0.05) is 6.54 Å². The maximum absolute atomic E-state index is 12.8. The summed E-state index contributed by atoms with van der Waals surface area (Å²) < 4.78 is 12.3. The molecule has 0 bridgehead atoms. The van der Waals surface area contributed by atoms with Crippen LogP contribution in [-0.4, -0.2) is 64.1 Å². The number of carbonyl (C=O) groups is 2. The lowest BCUT2D eigenvalue weighted by atomic mass is 10.2. The first-order valence-electron chi connectivity index (χ1n) is 8.01. The van der Waals surface area contributed by atoms with E-state index in [9.17, 15) is 9.59 Å². The molecule has 132 valence electrons. The maximum atomic E-state index is 12.8. The standard InChI is InChI=1S/C17H19N3O5/c1-2-24-13-11-20(12-6-4-3-5-7-12)18-15(13)16(21)19-8-9-25-14(10-19)17(22)23/h3-7,11,14H,2,8-10H2,1H3,(H,22,23)/t14-/m0/s1. The molecule has 1 aromatic heterocycles. The van der Waals surface area contributed by atoms with Gasteiger partial charge in [-0.25, -0.2) is 9.48 Å². The van der Waals surface area contributed by atoms with Gasteiger partial charge in [-0.15, -0.1) is 0 Å². The van der Waals surface area contributed by atoms with Crippen molar-refractivity contribution in [3.63, 3.8) is 0 Å². The smallest absolute Gasteiger partial charge is 0.334 e. The van der Waals surface area contributed by atoms with Crippen LogP contribution < -0.4 is 4.74 Å². The summed E-state index contributed by atoms with van der Waals surface area (Å²) in [5, 5.41) is 13.4. The van der Waals surface area contributed by atoms with Crippen LogP contribution in [0.1, 0.15) is 17.4 Å². The highest BCUT2D eigenvalue weighted by Gasteiger charge is 2.32. The Balaban J connectivity index is 1.88. The van der Waals surface area contributed by atoms with Crippen LogP contribution in [0.5, 0.6) is 5.75 Å². The monoisotopic (exact) mass is 345 g/mol. The first-order chi connectivity index (χ1) is 12.1. The molecule has 1 atom stereocenters. The van der Waals surface area contributed by atoms with Crippen molar-refractivity contribution in [3.05, 3.63) is 42.2 Å². The zero-order valence-corrected chi connectivity index (χ0v) is 13.8. The maximum Gasteiger partial charge on any atom is 0.334 e. The zero-order chi connectivity index (χ0) is 17.8. The fraction of sp³-hybridized carbons (Fsp3) is 0.353. The third kappa shape index (κ3) is 3.63. The van der Waals surface area contributed by atoms with Crippen molar-refractivity contribution < 1.29 is 24.2 Å². The number of carbonyl (C=O) groups excluding carboxylic acids is 1. The second kappa shape index (κ2) is 7.35. The van der Waals surface area contributed by atoms with Crippen molar-refractivity contribution in [2.24, 2.45) is 0 Å². The summed E-state index contributed by atoms with van der Waals surface area (Å²) in [5.74, 6) is -1.08. The molecule has 2 heterocycles.